The number of rotatable bonds is 2. The Morgan fingerprint density at radius 2 is 2.14 bits per heavy atom. The first-order chi connectivity index (χ1) is 6.32. The maximum Gasteiger partial charge on any atom is 0.407 e. The Morgan fingerprint density at radius 3 is 2.50 bits per heavy atom. The number of thiophene rings is 1. The van der Waals surface area contributed by atoms with Crippen LogP contribution in [0.2, 0.25) is 0 Å². The van der Waals surface area contributed by atoms with Crippen LogP contribution in [0, 0.1) is 0 Å². The molecular formula is C7H6F3NO2S. The molecule has 0 fully saturated rings. The fourth-order valence-electron chi connectivity index (χ4n) is 0.815. The van der Waals surface area contributed by atoms with Crippen LogP contribution in [0.4, 0.5) is 13.2 Å². The molecule has 0 saturated heterocycles. The van der Waals surface area contributed by atoms with Crippen molar-refractivity contribution in [2.45, 2.75) is 12.2 Å². The normalized spacial score (nSPS) is 14.0. The second-order valence-corrected chi connectivity index (χ2v) is 3.48. The van der Waals surface area contributed by atoms with E-state index in [0.29, 0.717) is 0 Å². The molecule has 7 heteroatoms. The zero-order chi connectivity index (χ0) is 10.9. The average Bonchev–Trinajstić information content (AvgIpc) is 2.48. The molecule has 0 aliphatic rings. The number of aromatic carboxylic acids is 1. The summed E-state index contributed by atoms with van der Waals surface area (Å²) < 4.78 is 36.2. The zero-order valence-electron chi connectivity index (χ0n) is 6.71. The van der Waals surface area contributed by atoms with E-state index >= 15 is 0 Å². The second kappa shape index (κ2) is 3.58. The Hall–Kier alpha value is -1.08. The molecule has 1 aromatic heterocycles. The van der Waals surface area contributed by atoms with Gasteiger partial charge >= 0.3 is 12.1 Å². The van der Waals surface area contributed by atoms with Gasteiger partial charge in [-0.2, -0.15) is 13.2 Å². The highest BCUT2D eigenvalue weighted by molar-refractivity contribution is 7.12. The molecule has 1 aromatic rings. The quantitative estimate of drug-likeness (QED) is 0.809. The Bertz CT molecular complexity index is 347. The van der Waals surface area contributed by atoms with Crippen LogP contribution in [0.1, 0.15) is 21.3 Å². The summed E-state index contributed by atoms with van der Waals surface area (Å²) in [5, 5.41) is 9.57. The summed E-state index contributed by atoms with van der Waals surface area (Å²) in [5.41, 5.74) is 4.65. The van der Waals surface area contributed by atoms with Crippen molar-refractivity contribution in [2.75, 3.05) is 0 Å². The number of carbonyl (C=O) groups is 1. The molecule has 0 aliphatic heterocycles. The highest BCUT2D eigenvalue weighted by Crippen LogP contribution is 2.32. The van der Waals surface area contributed by atoms with Crippen LogP contribution in [-0.4, -0.2) is 17.3 Å². The lowest BCUT2D eigenvalue weighted by Gasteiger charge is -2.13. The highest BCUT2D eigenvalue weighted by atomic mass is 32.1. The lowest BCUT2D eigenvalue weighted by atomic mass is 10.1. The minimum absolute atomic E-state index is 0.153. The molecule has 0 radical (unpaired) electrons. The van der Waals surface area contributed by atoms with Crippen LogP contribution in [0.3, 0.4) is 0 Å². The van der Waals surface area contributed by atoms with E-state index < -0.39 is 18.2 Å². The van der Waals surface area contributed by atoms with E-state index in [1.54, 1.807) is 0 Å². The van der Waals surface area contributed by atoms with Crippen LogP contribution >= 0.6 is 11.3 Å². The monoisotopic (exact) mass is 225 g/mol. The number of alkyl halides is 3. The summed E-state index contributed by atoms with van der Waals surface area (Å²) in [7, 11) is 0. The van der Waals surface area contributed by atoms with Crippen LogP contribution < -0.4 is 5.73 Å². The Balaban J connectivity index is 2.92. The molecular weight excluding hydrogens is 219 g/mol. The van der Waals surface area contributed by atoms with E-state index in [1.165, 1.54) is 0 Å². The van der Waals surface area contributed by atoms with Gasteiger partial charge in [0.05, 0.1) is 0 Å². The van der Waals surface area contributed by atoms with Gasteiger partial charge in [-0.3, -0.25) is 0 Å². The number of hydrogen-bond acceptors (Lipinski definition) is 3. The zero-order valence-corrected chi connectivity index (χ0v) is 7.52. The molecule has 0 unspecified atom stereocenters. The molecule has 0 saturated carbocycles. The number of halogens is 3. The SMILES string of the molecule is N[C@@H](c1csc(C(=O)O)c1)C(F)(F)F. The average molecular weight is 225 g/mol. The number of carboxylic acid groups (broad SMARTS) is 1. The van der Waals surface area contributed by atoms with Crippen molar-refractivity contribution in [3.63, 3.8) is 0 Å². The molecule has 0 amide bonds. The summed E-state index contributed by atoms with van der Waals surface area (Å²) >= 11 is 0.723. The van der Waals surface area contributed by atoms with E-state index in [1.807, 2.05) is 0 Å². The van der Waals surface area contributed by atoms with Gasteiger partial charge in [-0.05, 0) is 17.0 Å². The second-order valence-electron chi connectivity index (χ2n) is 2.57. The molecule has 0 aromatic carbocycles. The summed E-state index contributed by atoms with van der Waals surface area (Å²) in [6.07, 6.45) is -4.54. The molecule has 78 valence electrons. The van der Waals surface area contributed by atoms with Gasteiger partial charge < -0.3 is 10.8 Å². The van der Waals surface area contributed by atoms with Crippen molar-refractivity contribution in [3.05, 3.63) is 21.9 Å². The maximum atomic E-state index is 12.1. The minimum Gasteiger partial charge on any atom is -0.477 e. The van der Waals surface area contributed by atoms with E-state index in [4.69, 9.17) is 10.8 Å². The third-order valence-electron chi connectivity index (χ3n) is 1.54. The first-order valence-electron chi connectivity index (χ1n) is 3.46. The van der Waals surface area contributed by atoms with Gasteiger partial charge in [-0.1, -0.05) is 0 Å². The summed E-state index contributed by atoms with van der Waals surface area (Å²) in [4.78, 5) is 10.2. The molecule has 14 heavy (non-hydrogen) atoms. The van der Waals surface area contributed by atoms with Crippen molar-refractivity contribution < 1.29 is 23.1 Å². The van der Waals surface area contributed by atoms with Crippen molar-refractivity contribution >= 4 is 17.3 Å². The van der Waals surface area contributed by atoms with E-state index in [2.05, 4.69) is 0 Å². The largest absolute Gasteiger partial charge is 0.477 e. The molecule has 3 nitrogen and oxygen atoms in total. The molecule has 1 heterocycles. The predicted molar refractivity (Wildman–Crippen MR) is 44.3 cm³/mol. The fraction of sp³-hybridized carbons (Fsp3) is 0.286. The molecule has 0 bridgehead atoms. The number of nitrogens with two attached hydrogens (primary N) is 1. The molecule has 0 aliphatic carbocycles. The first-order valence-corrected chi connectivity index (χ1v) is 4.34. The smallest absolute Gasteiger partial charge is 0.407 e. The molecule has 1 atom stereocenters. The van der Waals surface area contributed by atoms with E-state index in [9.17, 15) is 18.0 Å². The van der Waals surface area contributed by atoms with Crippen LogP contribution in [-0.2, 0) is 0 Å². The summed E-state index contributed by atoms with van der Waals surface area (Å²) in [6.45, 7) is 0. The van der Waals surface area contributed by atoms with E-state index in [-0.39, 0.29) is 10.4 Å². The van der Waals surface area contributed by atoms with Gasteiger partial charge in [-0.25, -0.2) is 4.79 Å². The predicted octanol–water partition coefficient (Wildman–Crippen LogP) is 2.01. The van der Waals surface area contributed by atoms with E-state index in [0.717, 1.165) is 22.8 Å². The van der Waals surface area contributed by atoms with Gasteiger partial charge in [0.15, 0.2) is 0 Å². The maximum absolute atomic E-state index is 12.1. The van der Waals surface area contributed by atoms with Crippen molar-refractivity contribution in [3.8, 4) is 0 Å². The lowest BCUT2D eigenvalue weighted by Crippen LogP contribution is -2.27. The fourth-order valence-corrected chi connectivity index (χ4v) is 1.60. The Kier molecular flexibility index (Phi) is 2.81. The molecule has 1 rings (SSSR count). The third kappa shape index (κ3) is 2.24. The van der Waals surface area contributed by atoms with Crippen molar-refractivity contribution in [1.29, 1.82) is 0 Å². The lowest BCUT2D eigenvalue weighted by molar-refractivity contribution is -0.149. The Labute approximate surface area is 81.0 Å². The van der Waals surface area contributed by atoms with Gasteiger partial charge in [0.1, 0.15) is 10.9 Å². The van der Waals surface area contributed by atoms with Gasteiger partial charge in [0.2, 0.25) is 0 Å². The van der Waals surface area contributed by atoms with Crippen molar-refractivity contribution in [2.24, 2.45) is 5.73 Å². The highest BCUT2D eigenvalue weighted by Gasteiger charge is 2.38. The standard InChI is InChI=1S/C7H6F3NO2S/c8-7(9,10)5(11)3-1-4(6(12)13)14-2-3/h1-2,5H,11H2,(H,12,13)/t5-/m0/s1. The third-order valence-corrected chi connectivity index (χ3v) is 2.48. The van der Waals surface area contributed by atoms with Gasteiger partial charge in [-0.15, -0.1) is 11.3 Å². The summed E-state index contributed by atoms with van der Waals surface area (Å²) in [6, 6.07) is -1.18. The van der Waals surface area contributed by atoms with Gasteiger partial charge in [0.25, 0.3) is 0 Å². The van der Waals surface area contributed by atoms with Crippen LogP contribution in [0.15, 0.2) is 11.4 Å². The van der Waals surface area contributed by atoms with Crippen LogP contribution in [0.5, 0.6) is 0 Å². The minimum atomic E-state index is -4.54. The first kappa shape index (κ1) is 11.0. The molecule has 3 N–H and O–H groups in total. The molecule has 0 spiro atoms. The van der Waals surface area contributed by atoms with Crippen LogP contribution in [0.25, 0.3) is 0 Å². The topological polar surface area (TPSA) is 63.3 Å². The Morgan fingerprint density at radius 1 is 1.57 bits per heavy atom. The number of hydrogen-bond donors (Lipinski definition) is 2. The van der Waals surface area contributed by atoms with Gasteiger partial charge in [0, 0.05) is 0 Å². The summed E-state index contributed by atoms with van der Waals surface area (Å²) in [5.74, 6) is -1.25. The number of carboxylic acids is 1. The van der Waals surface area contributed by atoms with Crippen molar-refractivity contribution in [1.82, 2.24) is 0 Å².